The first-order valence-electron chi connectivity index (χ1n) is 6.87. The Labute approximate surface area is 123 Å². The summed E-state index contributed by atoms with van der Waals surface area (Å²) in [4.78, 5) is 11.9. The number of benzene rings is 1. The van der Waals surface area contributed by atoms with Crippen LogP contribution in [0.25, 0.3) is 11.3 Å². The summed E-state index contributed by atoms with van der Waals surface area (Å²) in [6.45, 7) is 1.89. The first-order chi connectivity index (χ1) is 10.1. The summed E-state index contributed by atoms with van der Waals surface area (Å²) in [6.07, 6.45) is 2.28. The van der Waals surface area contributed by atoms with Gasteiger partial charge < -0.3 is 15.7 Å². The first kappa shape index (κ1) is 15.1. The van der Waals surface area contributed by atoms with Gasteiger partial charge in [0.15, 0.2) is 0 Å². The molecule has 0 aliphatic carbocycles. The van der Waals surface area contributed by atoms with Crippen LogP contribution < -0.4 is 10.6 Å². The summed E-state index contributed by atoms with van der Waals surface area (Å²) < 4.78 is 1.66. The Bertz CT molecular complexity index is 595. The van der Waals surface area contributed by atoms with Gasteiger partial charge in [-0.05, 0) is 13.3 Å². The molecule has 0 aliphatic rings. The van der Waals surface area contributed by atoms with E-state index in [1.54, 1.807) is 10.9 Å². The summed E-state index contributed by atoms with van der Waals surface area (Å²) in [5.41, 5.74) is 2.32. The number of carbonyl (C=O) groups excluding carboxylic acids is 1. The third kappa shape index (κ3) is 4.06. The summed E-state index contributed by atoms with van der Waals surface area (Å²) in [5, 5.41) is 18.8. The van der Waals surface area contributed by atoms with Crippen molar-refractivity contribution in [1.29, 1.82) is 0 Å². The Morgan fingerprint density at radius 2 is 2.10 bits per heavy atom. The molecule has 2 rings (SSSR count). The number of hydrogen-bond acceptors (Lipinski definition) is 3. The van der Waals surface area contributed by atoms with Gasteiger partial charge in [0.25, 0.3) is 0 Å². The lowest BCUT2D eigenvalue weighted by Crippen LogP contribution is -2.36. The molecular weight excluding hydrogens is 268 g/mol. The fraction of sp³-hybridized carbons (Fsp3) is 0.333. The van der Waals surface area contributed by atoms with E-state index >= 15 is 0 Å². The molecule has 0 fully saturated rings. The Morgan fingerprint density at radius 1 is 1.38 bits per heavy atom. The number of anilines is 1. The predicted octanol–water partition coefficient (Wildman–Crippen LogP) is 1.98. The Morgan fingerprint density at radius 3 is 2.76 bits per heavy atom. The number of rotatable bonds is 5. The molecule has 2 amide bonds. The molecule has 21 heavy (non-hydrogen) atoms. The van der Waals surface area contributed by atoms with Crippen LogP contribution in [0.3, 0.4) is 0 Å². The Balaban J connectivity index is 2.12. The van der Waals surface area contributed by atoms with Gasteiger partial charge in [-0.1, -0.05) is 30.3 Å². The molecule has 0 spiro atoms. The SMILES string of the molecule is CC(CCO)NC(=O)Nc1cn(C)nc1-c1ccccc1. The van der Waals surface area contributed by atoms with E-state index in [9.17, 15) is 4.79 Å². The number of aliphatic hydroxyl groups excluding tert-OH is 1. The van der Waals surface area contributed by atoms with Crippen molar-refractivity contribution in [2.24, 2.45) is 7.05 Å². The average molecular weight is 288 g/mol. The average Bonchev–Trinajstić information content (AvgIpc) is 2.80. The van der Waals surface area contributed by atoms with Gasteiger partial charge >= 0.3 is 6.03 Å². The highest BCUT2D eigenvalue weighted by molar-refractivity contribution is 5.93. The number of aromatic nitrogens is 2. The zero-order chi connectivity index (χ0) is 15.2. The molecule has 1 aromatic carbocycles. The van der Waals surface area contributed by atoms with Gasteiger partial charge in [0.1, 0.15) is 5.69 Å². The largest absolute Gasteiger partial charge is 0.396 e. The number of urea groups is 1. The number of aryl methyl sites for hydroxylation is 1. The summed E-state index contributed by atoms with van der Waals surface area (Å²) >= 11 is 0. The maximum Gasteiger partial charge on any atom is 0.319 e. The fourth-order valence-electron chi connectivity index (χ4n) is 2.04. The van der Waals surface area contributed by atoms with Crippen molar-refractivity contribution < 1.29 is 9.90 Å². The molecule has 0 bridgehead atoms. The number of hydrogen-bond donors (Lipinski definition) is 3. The Kier molecular flexibility index (Phi) is 4.94. The standard InChI is InChI=1S/C15H20N4O2/c1-11(8-9-20)16-15(21)17-13-10-19(2)18-14(13)12-6-4-3-5-7-12/h3-7,10-11,20H,8-9H2,1-2H3,(H2,16,17,21). The predicted molar refractivity (Wildman–Crippen MR) is 82.0 cm³/mol. The summed E-state index contributed by atoms with van der Waals surface area (Å²) in [6, 6.07) is 9.28. The van der Waals surface area contributed by atoms with Crippen molar-refractivity contribution in [3.8, 4) is 11.3 Å². The molecule has 1 aromatic heterocycles. The molecule has 0 saturated heterocycles. The molecule has 0 saturated carbocycles. The van der Waals surface area contributed by atoms with E-state index in [2.05, 4.69) is 15.7 Å². The van der Waals surface area contributed by atoms with Crippen molar-refractivity contribution in [3.05, 3.63) is 36.5 Å². The van der Waals surface area contributed by atoms with E-state index < -0.39 is 0 Å². The van der Waals surface area contributed by atoms with Crippen LogP contribution in [0.1, 0.15) is 13.3 Å². The van der Waals surface area contributed by atoms with E-state index in [0.717, 1.165) is 11.3 Å². The van der Waals surface area contributed by atoms with Gasteiger partial charge in [0.2, 0.25) is 0 Å². The van der Waals surface area contributed by atoms with Gasteiger partial charge in [0, 0.05) is 31.5 Å². The highest BCUT2D eigenvalue weighted by Crippen LogP contribution is 2.25. The molecule has 6 nitrogen and oxygen atoms in total. The molecule has 6 heteroatoms. The minimum Gasteiger partial charge on any atom is -0.396 e. The summed E-state index contributed by atoms with van der Waals surface area (Å²) in [5.74, 6) is 0. The van der Waals surface area contributed by atoms with Crippen molar-refractivity contribution >= 4 is 11.7 Å². The lowest BCUT2D eigenvalue weighted by molar-refractivity contribution is 0.241. The molecule has 0 aliphatic heterocycles. The lowest BCUT2D eigenvalue weighted by Gasteiger charge is -2.13. The second-order valence-electron chi connectivity index (χ2n) is 4.94. The quantitative estimate of drug-likeness (QED) is 0.787. The van der Waals surface area contributed by atoms with E-state index in [1.807, 2.05) is 44.3 Å². The van der Waals surface area contributed by atoms with Gasteiger partial charge in [-0.3, -0.25) is 4.68 Å². The topological polar surface area (TPSA) is 79.2 Å². The van der Waals surface area contributed by atoms with E-state index in [0.29, 0.717) is 12.1 Å². The zero-order valence-electron chi connectivity index (χ0n) is 12.2. The minimum atomic E-state index is -0.305. The lowest BCUT2D eigenvalue weighted by atomic mass is 10.1. The van der Waals surface area contributed by atoms with Gasteiger partial charge in [-0.2, -0.15) is 5.10 Å². The highest BCUT2D eigenvalue weighted by Gasteiger charge is 2.13. The number of amides is 2. The molecule has 1 unspecified atom stereocenters. The van der Waals surface area contributed by atoms with Gasteiger partial charge in [0.05, 0.1) is 5.69 Å². The smallest absolute Gasteiger partial charge is 0.319 e. The molecule has 1 heterocycles. The third-order valence-electron chi connectivity index (χ3n) is 3.06. The van der Waals surface area contributed by atoms with Crippen molar-refractivity contribution in [1.82, 2.24) is 15.1 Å². The molecule has 112 valence electrons. The highest BCUT2D eigenvalue weighted by atomic mass is 16.3. The van der Waals surface area contributed by atoms with Crippen LogP contribution in [0.4, 0.5) is 10.5 Å². The van der Waals surface area contributed by atoms with Crippen LogP contribution in [-0.2, 0) is 7.05 Å². The van der Waals surface area contributed by atoms with Gasteiger partial charge in [-0.15, -0.1) is 0 Å². The van der Waals surface area contributed by atoms with Crippen LogP contribution in [0.15, 0.2) is 36.5 Å². The maximum atomic E-state index is 11.9. The van der Waals surface area contributed by atoms with Crippen LogP contribution in [-0.4, -0.2) is 33.6 Å². The molecule has 1 atom stereocenters. The Hall–Kier alpha value is -2.34. The van der Waals surface area contributed by atoms with Crippen LogP contribution in [0.5, 0.6) is 0 Å². The third-order valence-corrected chi connectivity index (χ3v) is 3.06. The van der Waals surface area contributed by atoms with Crippen molar-refractivity contribution in [3.63, 3.8) is 0 Å². The number of nitrogens with one attached hydrogen (secondary N) is 2. The van der Waals surface area contributed by atoms with Gasteiger partial charge in [-0.25, -0.2) is 4.79 Å². The maximum absolute atomic E-state index is 11.9. The first-order valence-corrected chi connectivity index (χ1v) is 6.87. The van der Waals surface area contributed by atoms with E-state index in [-0.39, 0.29) is 18.7 Å². The van der Waals surface area contributed by atoms with E-state index in [4.69, 9.17) is 5.11 Å². The summed E-state index contributed by atoms with van der Waals surface area (Å²) in [7, 11) is 1.81. The van der Waals surface area contributed by atoms with Crippen LogP contribution >= 0.6 is 0 Å². The minimum absolute atomic E-state index is 0.0452. The number of carbonyl (C=O) groups is 1. The monoisotopic (exact) mass is 288 g/mol. The molecule has 2 aromatic rings. The molecule has 3 N–H and O–H groups in total. The van der Waals surface area contributed by atoms with Crippen molar-refractivity contribution in [2.45, 2.75) is 19.4 Å². The molecular formula is C15H20N4O2. The van der Waals surface area contributed by atoms with Crippen LogP contribution in [0, 0.1) is 0 Å². The fourth-order valence-corrected chi connectivity index (χ4v) is 2.04. The van der Waals surface area contributed by atoms with Crippen molar-refractivity contribution in [2.75, 3.05) is 11.9 Å². The number of aliphatic hydroxyl groups is 1. The molecule has 0 radical (unpaired) electrons. The second-order valence-corrected chi connectivity index (χ2v) is 4.94. The van der Waals surface area contributed by atoms with E-state index in [1.165, 1.54) is 0 Å². The second kappa shape index (κ2) is 6.90. The normalized spacial score (nSPS) is 12.0. The number of nitrogens with zero attached hydrogens (tertiary/aromatic N) is 2. The zero-order valence-corrected chi connectivity index (χ0v) is 12.2. The van der Waals surface area contributed by atoms with Crippen LogP contribution in [0.2, 0.25) is 0 Å².